The molecule has 1 aromatic heterocycles. The van der Waals surface area contributed by atoms with Crippen molar-refractivity contribution >= 4 is 10.9 Å². The second-order valence-electron chi connectivity index (χ2n) is 11.3. The monoisotopic (exact) mass is 499 g/mol. The molecule has 2 aliphatic heterocycles. The first-order chi connectivity index (χ1) is 17.1. The van der Waals surface area contributed by atoms with Crippen molar-refractivity contribution in [3.8, 4) is 5.75 Å². The Morgan fingerprint density at radius 2 is 1.83 bits per heavy atom. The predicted octanol–water partition coefficient (Wildman–Crippen LogP) is 6.25. The van der Waals surface area contributed by atoms with Crippen molar-refractivity contribution in [2.45, 2.75) is 58.3 Å². The topological polar surface area (TPSA) is 31.5 Å². The van der Waals surface area contributed by atoms with E-state index in [1.54, 1.807) is 0 Å². The molecule has 3 aromatic rings. The van der Waals surface area contributed by atoms with Gasteiger partial charge in [-0.2, -0.15) is 0 Å². The Morgan fingerprint density at radius 1 is 1.11 bits per heavy atom. The van der Waals surface area contributed by atoms with Crippen molar-refractivity contribution < 1.29 is 17.9 Å². The van der Waals surface area contributed by atoms with E-state index in [0.717, 1.165) is 41.8 Å². The van der Waals surface area contributed by atoms with Gasteiger partial charge in [0.2, 0.25) is 0 Å². The number of likely N-dealkylation sites (tertiary alicyclic amines) is 1. The molecule has 0 spiro atoms. The van der Waals surface area contributed by atoms with Crippen LogP contribution in [-0.4, -0.2) is 59.3 Å². The summed E-state index contributed by atoms with van der Waals surface area (Å²) in [7, 11) is 0. The Bertz CT molecular complexity index is 1210. The normalized spacial score (nSPS) is 23.4. The zero-order chi connectivity index (χ0) is 25.6. The number of benzene rings is 2. The molecular weight excluding hydrogens is 463 g/mol. The highest BCUT2D eigenvalue weighted by Gasteiger charge is 2.41. The van der Waals surface area contributed by atoms with Crippen LogP contribution in [0, 0.1) is 17.6 Å². The number of nitrogens with zero attached hydrogens (tertiary/aromatic N) is 2. The minimum atomic E-state index is -1.53. The van der Waals surface area contributed by atoms with Crippen molar-refractivity contribution in [3.63, 3.8) is 0 Å². The first-order valence-corrected chi connectivity index (χ1v) is 13.0. The Balaban J connectivity index is 1.49. The lowest BCUT2D eigenvalue weighted by molar-refractivity contribution is 0.0642. The molecule has 194 valence electrons. The maximum Gasteiger partial charge on any atom is 0.135 e. The Hall–Kier alpha value is -2.51. The standard InChI is InChI=1S/C29H36F3N3O/c1-18-9-10-34(16-18)11-12-36-20-14-23(30)26(24(31)15-20)28-27-22(21-7-5-6-8-25(21)33-27)13-19(2)35(28)17-29(3,4)32/h5-8,14-15,18-19,28,33H,9-13,16-17H2,1-4H3/t18-,19-,28-/m1/s1. The fourth-order valence-electron chi connectivity index (χ4n) is 5.93. The molecule has 1 saturated heterocycles. The fourth-order valence-corrected chi connectivity index (χ4v) is 5.93. The van der Waals surface area contributed by atoms with Crippen LogP contribution >= 0.6 is 0 Å². The second-order valence-corrected chi connectivity index (χ2v) is 11.3. The summed E-state index contributed by atoms with van der Waals surface area (Å²) in [6, 6.07) is 9.54. The average Bonchev–Trinajstić information content (AvgIpc) is 3.37. The largest absolute Gasteiger partial charge is 0.492 e. The van der Waals surface area contributed by atoms with Crippen molar-refractivity contribution in [2.75, 3.05) is 32.8 Å². The van der Waals surface area contributed by atoms with Gasteiger partial charge in [0, 0.05) is 60.0 Å². The number of para-hydroxylation sites is 1. The summed E-state index contributed by atoms with van der Waals surface area (Å²) in [5, 5.41) is 1.04. The summed E-state index contributed by atoms with van der Waals surface area (Å²) in [6.45, 7) is 10.4. The number of H-pyrrole nitrogens is 1. The molecule has 0 saturated carbocycles. The van der Waals surface area contributed by atoms with Crippen LogP contribution in [0.5, 0.6) is 5.75 Å². The third-order valence-electron chi connectivity index (χ3n) is 7.59. The number of nitrogens with one attached hydrogen (secondary N) is 1. The number of aromatic amines is 1. The Labute approximate surface area is 211 Å². The lowest BCUT2D eigenvalue weighted by atomic mass is 9.87. The summed E-state index contributed by atoms with van der Waals surface area (Å²) >= 11 is 0. The number of fused-ring (bicyclic) bond motifs is 3. The van der Waals surface area contributed by atoms with Gasteiger partial charge in [-0.1, -0.05) is 25.1 Å². The van der Waals surface area contributed by atoms with Crippen molar-refractivity contribution in [1.29, 1.82) is 0 Å². The lowest BCUT2D eigenvalue weighted by Gasteiger charge is -2.43. The molecule has 4 nitrogen and oxygen atoms in total. The van der Waals surface area contributed by atoms with Gasteiger partial charge >= 0.3 is 0 Å². The fraction of sp³-hybridized carbons (Fsp3) is 0.517. The molecule has 2 aliphatic rings. The van der Waals surface area contributed by atoms with Gasteiger partial charge in [0.1, 0.15) is 29.7 Å². The molecule has 1 N–H and O–H groups in total. The molecule has 3 heterocycles. The highest BCUT2D eigenvalue weighted by atomic mass is 19.1. The van der Waals surface area contributed by atoms with E-state index in [0.29, 0.717) is 18.9 Å². The van der Waals surface area contributed by atoms with Crippen LogP contribution in [0.4, 0.5) is 13.2 Å². The number of alkyl halides is 1. The number of rotatable bonds is 7. The molecule has 0 aliphatic carbocycles. The molecule has 3 atom stereocenters. The lowest BCUT2D eigenvalue weighted by Crippen LogP contribution is -2.48. The van der Waals surface area contributed by atoms with E-state index in [1.165, 1.54) is 32.4 Å². The minimum Gasteiger partial charge on any atom is -0.492 e. The minimum absolute atomic E-state index is 0.0546. The average molecular weight is 500 g/mol. The third kappa shape index (κ3) is 5.00. The Morgan fingerprint density at radius 3 is 2.50 bits per heavy atom. The molecule has 2 aromatic carbocycles. The van der Waals surface area contributed by atoms with Gasteiger partial charge < -0.3 is 9.72 Å². The first-order valence-electron chi connectivity index (χ1n) is 13.0. The quantitative estimate of drug-likeness (QED) is 0.417. The maximum absolute atomic E-state index is 15.7. The second kappa shape index (κ2) is 9.75. The number of halogens is 3. The van der Waals surface area contributed by atoms with E-state index in [2.05, 4.69) is 16.8 Å². The van der Waals surface area contributed by atoms with Gasteiger partial charge in [0.15, 0.2) is 0 Å². The van der Waals surface area contributed by atoms with E-state index in [9.17, 15) is 4.39 Å². The highest BCUT2D eigenvalue weighted by Crippen LogP contribution is 2.43. The van der Waals surface area contributed by atoms with Crippen LogP contribution in [0.2, 0.25) is 0 Å². The van der Waals surface area contributed by atoms with Crippen LogP contribution in [0.15, 0.2) is 36.4 Å². The first kappa shape index (κ1) is 25.2. The molecule has 36 heavy (non-hydrogen) atoms. The van der Waals surface area contributed by atoms with E-state index in [1.807, 2.05) is 36.1 Å². The summed E-state index contributed by atoms with van der Waals surface area (Å²) < 4.78 is 52.0. The third-order valence-corrected chi connectivity index (χ3v) is 7.59. The SMILES string of the molecule is C[C@@H]1CCN(CCOc2cc(F)c([C@@H]3c4[nH]c5ccccc5c4C[C@@H](C)N3CC(C)(C)F)c(F)c2)C1. The number of hydrogen-bond acceptors (Lipinski definition) is 3. The van der Waals surface area contributed by atoms with Gasteiger partial charge in [0.25, 0.3) is 0 Å². The number of aromatic nitrogens is 1. The smallest absolute Gasteiger partial charge is 0.135 e. The molecule has 1 fully saturated rings. The van der Waals surface area contributed by atoms with Crippen LogP contribution in [-0.2, 0) is 6.42 Å². The van der Waals surface area contributed by atoms with Crippen LogP contribution in [0.25, 0.3) is 10.9 Å². The molecule has 0 amide bonds. The molecular formula is C29H36F3N3O. The molecule has 0 unspecified atom stereocenters. The number of ether oxygens (including phenoxy) is 1. The van der Waals surface area contributed by atoms with Gasteiger partial charge in [-0.05, 0) is 57.7 Å². The van der Waals surface area contributed by atoms with Gasteiger partial charge in [-0.3, -0.25) is 9.80 Å². The van der Waals surface area contributed by atoms with Crippen LogP contribution in [0.3, 0.4) is 0 Å². The van der Waals surface area contributed by atoms with Crippen LogP contribution in [0.1, 0.15) is 57.0 Å². The van der Waals surface area contributed by atoms with E-state index in [4.69, 9.17) is 4.74 Å². The highest BCUT2D eigenvalue weighted by molar-refractivity contribution is 5.85. The number of hydrogen-bond donors (Lipinski definition) is 1. The maximum atomic E-state index is 15.7. The zero-order valence-electron chi connectivity index (χ0n) is 21.6. The predicted molar refractivity (Wildman–Crippen MR) is 137 cm³/mol. The summed E-state index contributed by atoms with van der Waals surface area (Å²) in [6.07, 6.45) is 1.84. The van der Waals surface area contributed by atoms with Crippen molar-refractivity contribution in [2.24, 2.45) is 5.92 Å². The molecule has 5 rings (SSSR count). The molecule has 0 bridgehead atoms. The zero-order valence-corrected chi connectivity index (χ0v) is 21.6. The Kier molecular flexibility index (Phi) is 6.81. The van der Waals surface area contributed by atoms with Crippen LogP contribution < -0.4 is 4.74 Å². The van der Waals surface area contributed by atoms with Crippen molar-refractivity contribution in [1.82, 2.24) is 14.8 Å². The summed E-state index contributed by atoms with van der Waals surface area (Å²) in [4.78, 5) is 7.60. The van der Waals surface area contributed by atoms with E-state index in [-0.39, 0.29) is 23.9 Å². The molecule has 7 heteroatoms. The van der Waals surface area contributed by atoms with E-state index < -0.39 is 23.3 Å². The van der Waals surface area contributed by atoms with Crippen molar-refractivity contribution in [3.05, 3.63) is 64.9 Å². The molecule has 0 radical (unpaired) electrons. The van der Waals surface area contributed by atoms with E-state index >= 15 is 8.78 Å². The van der Waals surface area contributed by atoms with Gasteiger partial charge in [-0.15, -0.1) is 0 Å². The summed E-state index contributed by atoms with van der Waals surface area (Å²) in [5.41, 5.74) is 1.08. The van der Waals surface area contributed by atoms with Gasteiger partial charge in [-0.25, -0.2) is 13.2 Å². The summed E-state index contributed by atoms with van der Waals surface area (Å²) in [5.74, 6) is -0.502. The van der Waals surface area contributed by atoms with Gasteiger partial charge in [0.05, 0.1) is 6.04 Å².